The van der Waals surface area contributed by atoms with Crippen LogP contribution < -0.4 is 16.2 Å². The first kappa shape index (κ1) is 9.50. The lowest BCUT2D eigenvalue weighted by molar-refractivity contribution is -0.274. The van der Waals surface area contributed by atoms with Crippen LogP contribution in [0.15, 0.2) is 18.2 Å². The molecular formula is C7H7F3N2O. The molecule has 0 amide bonds. The van der Waals surface area contributed by atoms with Crippen molar-refractivity contribution in [2.24, 2.45) is 0 Å². The van der Waals surface area contributed by atoms with E-state index in [0.717, 1.165) is 0 Å². The van der Waals surface area contributed by atoms with E-state index in [1.807, 2.05) is 0 Å². The molecule has 1 aromatic rings. The fourth-order valence-corrected chi connectivity index (χ4v) is 0.807. The smallest absolute Gasteiger partial charge is 0.401 e. The van der Waals surface area contributed by atoms with Crippen molar-refractivity contribution in [1.29, 1.82) is 0 Å². The second-order valence-corrected chi connectivity index (χ2v) is 2.31. The lowest BCUT2D eigenvalue weighted by atomic mass is 10.2. The number of nitrogens with two attached hydrogens (primary N) is 2. The number of para-hydroxylation sites is 1. The zero-order valence-electron chi connectivity index (χ0n) is 6.43. The van der Waals surface area contributed by atoms with Gasteiger partial charge in [-0.3, -0.25) is 0 Å². The van der Waals surface area contributed by atoms with Gasteiger partial charge in [0, 0.05) is 0 Å². The number of rotatable bonds is 1. The third-order valence-electron chi connectivity index (χ3n) is 1.29. The molecule has 0 aliphatic heterocycles. The van der Waals surface area contributed by atoms with Crippen molar-refractivity contribution in [2.75, 3.05) is 11.5 Å². The molecule has 0 saturated carbocycles. The standard InChI is InChI=1S/C7H7F3N2O/c8-7(9,10)13-6-4(11)2-1-3-5(6)12/h1-3H,11-12H2. The summed E-state index contributed by atoms with van der Waals surface area (Å²) in [6.45, 7) is 0. The van der Waals surface area contributed by atoms with Gasteiger partial charge in [0.25, 0.3) is 0 Å². The summed E-state index contributed by atoms with van der Waals surface area (Å²) in [4.78, 5) is 0. The number of ether oxygens (including phenoxy) is 1. The monoisotopic (exact) mass is 192 g/mol. The molecule has 0 aliphatic carbocycles. The van der Waals surface area contributed by atoms with Gasteiger partial charge in [-0.1, -0.05) is 6.07 Å². The van der Waals surface area contributed by atoms with Gasteiger partial charge in [-0.05, 0) is 12.1 Å². The summed E-state index contributed by atoms with van der Waals surface area (Å²) in [7, 11) is 0. The molecule has 0 unspecified atom stereocenters. The molecule has 0 spiro atoms. The summed E-state index contributed by atoms with van der Waals surface area (Å²) >= 11 is 0. The number of hydrogen-bond donors (Lipinski definition) is 2. The fourth-order valence-electron chi connectivity index (χ4n) is 0.807. The lowest BCUT2D eigenvalue weighted by Gasteiger charge is -2.12. The first-order valence-corrected chi connectivity index (χ1v) is 3.30. The second-order valence-electron chi connectivity index (χ2n) is 2.31. The molecule has 0 radical (unpaired) electrons. The average molecular weight is 192 g/mol. The normalized spacial score (nSPS) is 11.3. The number of halogens is 3. The molecule has 6 heteroatoms. The summed E-state index contributed by atoms with van der Waals surface area (Å²) in [5.74, 6) is -0.546. The molecule has 4 N–H and O–H groups in total. The Kier molecular flexibility index (Phi) is 2.22. The van der Waals surface area contributed by atoms with Crippen molar-refractivity contribution < 1.29 is 17.9 Å². The molecule has 1 aromatic carbocycles. The minimum absolute atomic E-state index is 0.141. The van der Waals surface area contributed by atoms with Gasteiger partial charge in [0.1, 0.15) is 0 Å². The summed E-state index contributed by atoms with van der Waals surface area (Å²) in [5, 5.41) is 0. The number of anilines is 2. The summed E-state index contributed by atoms with van der Waals surface area (Å²) in [6, 6.07) is 3.99. The van der Waals surface area contributed by atoms with E-state index >= 15 is 0 Å². The molecule has 0 atom stereocenters. The van der Waals surface area contributed by atoms with E-state index in [2.05, 4.69) is 4.74 Å². The number of alkyl halides is 3. The molecule has 0 heterocycles. The quantitative estimate of drug-likeness (QED) is 0.666. The van der Waals surface area contributed by atoms with Crippen LogP contribution in [0.2, 0.25) is 0 Å². The molecular weight excluding hydrogens is 185 g/mol. The van der Waals surface area contributed by atoms with Gasteiger partial charge in [0.05, 0.1) is 11.4 Å². The van der Waals surface area contributed by atoms with Crippen molar-refractivity contribution >= 4 is 11.4 Å². The van der Waals surface area contributed by atoms with Crippen LogP contribution in [0.5, 0.6) is 5.75 Å². The van der Waals surface area contributed by atoms with Crippen LogP contribution in [0, 0.1) is 0 Å². The maximum Gasteiger partial charge on any atom is 0.573 e. The van der Waals surface area contributed by atoms with Gasteiger partial charge in [-0.25, -0.2) is 0 Å². The van der Waals surface area contributed by atoms with Crippen LogP contribution >= 0.6 is 0 Å². The molecule has 72 valence electrons. The van der Waals surface area contributed by atoms with Crippen LogP contribution in [0.1, 0.15) is 0 Å². The van der Waals surface area contributed by atoms with Gasteiger partial charge in [0.15, 0.2) is 5.75 Å². The van der Waals surface area contributed by atoms with Gasteiger partial charge in [-0.15, -0.1) is 13.2 Å². The van der Waals surface area contributed by atoms with Crippen molar-refractivity contribution in [3.05, 3.63) is 18.2 Å². The Hall–Kier alpha value is -1.59. The SMILES string of the molecule is Nc1cccc(N)c1OC(F)(F)F. The minimum Gasteiger partial charge on any atom is -0.401 e. The van der Waals surface area contributed by atoms with E-state index in [0.29, 0.717) is 0 Å². The Morgan fingerprint density at radius 1 is 1.08 bits per heavy atom. The zero-order chi connectivity index (χ0) is 10.1. The van der Waals surface area contributed by atoms with Gasteiger partial charge in [0.2, 0.25) is 0 Å². The third kappa shape index (κ3) is 2.43. The van der Waals surface area contributed by atoms with Crippen molar-refractivity contribution in [3.63, 3.8) is 0 Å². The van der Waals surface area contributed by atoms with Crippen LogP contribution in [0.25, 0.3) is 0 Å². The van der Waals surface area contributed by atoms with Crippen molar-refractivity contribution in [3.8, 4) is 5.75 Å². The molecule has 1 rings (SSSR count). The largest absolute Gasteiger partial charge is 0.573 e. The molecule has 3 nitrogen and oxygen atoms in total. The van der Waals surface area contributed by atoms with E-state index in [1.54, 1.807) is 0 Å². The summed E-state index contributed by atoms with van der Waals surface area (Å²) < 4.78 is 38.9. The van der Waals surface area contributed by atoms with Gasteiger partial charge < -0.3 is 16.2 Å². The van der Waals surface area contributed by atoms with E-state index in [-0.39, 0.29) is 11.4 Å². The number of nitrogen functional groups attached to an aromatic ring is 2. The maximum atomic E-state index is 11.8. The molecule has 0 bridgehead atoms. The van der Waals surface area contributed by atoms with Crippen LogP contribution in [-0.4, -0.2) is 6.36 Å². The van der Waals surface area contributed by atoms with Gasteiger partial charge >= 0.3 is 6.36 Å². The fraction of sp³-hybridized carbons (Fsp3) is 0.143. The summed E-state index contributed by atoms with van der Waals surface area (Å²) in [6.07, 6.45) is -4.77. The third-order valence-corrected chi connectivity index (χ3v) is 1.29. The highest BCUT2D eigenvalue weighted by Crippen LogP contribution is 2.33. The first-order valence-electron chi connectivity index (χ1n) is 3.30. The highest BCUT2D eigenvalue weighted by atomic mass is 19.4. The van der Waals surface area contributed by atoms with Crippen molar-refractivity contribution in [1.82, 2.24) is 0 Å². The lowest BCUT2D eigenvalue weighted by Crippen LogP contribution is -2.18. The highest BCUT2D eigenvalue weighted by Gasteiger charge is 2.32. The van der Waals surface area contributed by atoms with Crippen molar-refractivity contribution in [2.45, 2.75) is 6.36 Å². The molecule has 0 aliphatic rings. The summed E-state index contributed by atoms with van der Waals surface area (Å²) in [5.41, 5.74) is 10.2. The Balaban J connectivity index is 3.00. The van der Waals surface area contributed by atoms with E-state index in [9.17, 15) is 13.2 Å². The van der Waals surface area contributed by atoms with E-state index in [1.165, 1.54) is 18.2 Å². The average Bonchev–Trinajstić information content (AvgIpc) is 1.95. The molecule has 0 aromatic heterocycles. The van der Waals surface area contributed by atoms with Gasteiger partial charge in [-0.2, -0.15) is 0 Å². The predicted octanol–water partition coefficient (Wildman–Crippen LogP) is 1.75. The van der Waals surface area contributed by atoms with E-state index in [4.69, 9.17) is 11.5 Å². The molecule has 0 saturated heterocycles. The van der Waals surface area contributed by atoms with Crippen LogP contribution in [-0.2, 0) is 0 Å². The molecule has 13 heavy (non-hydrogen) atoms. The zero-order valence-corrected chi connectivity index (χ0v) is 6.43. The topological polar surface area (TPSA) is 61.3 Å². The maximum absolute atomic E-state index is 11.8. The predicted molar refractivity (Wildman–Crippen MR) is 41.9 cm³/mol. The van der Waals surface area contributed by atoms with E-state index < -0.39 is 12.1 Å². The number of hydrogen-bond acceptors (Lipinski definition) is 3. The first-order chi connectivity index (χ1) is 5.90. The Bertz CT molecular complexity index is 291. The Labute approximate surface area is 72.1 Å². The Morgan fingerprint density at radius 2 is 1.54 bits per heavy atom. The second kappa shape index (κ2) is 3.04. The highest BCUT2D eigenvalue weighted by molar-refractivity contribution is 5.66. The van der Waals surface area contributed by atoms with Crippen LogP contribution in [0.3, 0.4) is 0 Å². The minimum atomic E-state index is -4.77. The molecule has 0 fully saturated rings. The Morgan fingerprint density at radius 3 is 1.92 bits per heavy atom. The number of benzene rings is 1. The van der Waals surface area contributed by atoms with Crippen LogP contribution in [0.4, 0.5) is 24.5 Å².